The largest absolute Gasteiger partial charge is 0.369 e. The molecule has 0 radical (unpaired) electrons. The lowest BCUT2D eigenvalue weighted by Crippen LogP contribution is -2.13. The molecule has 7 heteroatoms. The van der Waals surface area contributed by atoms with Crippen molar-refractivity contribution >= 4 is 44.9 Å². The number of aromatic nitrogens is 2. The first-order valence-corrected chi connectivity index (χ1v) is 7.04. The van der Waals surface area contributed by atoms with Gasteiger partial charge in [-0.3, -0.25) is 4.79 Å². The minimum absolute atomic E-state index is 0.220. The van der Waals surface area contributed by atoms with Crippen LogP contribution in [0.4, 0.5) is 5.82 Å². The second kappa shape index (κ2) is 6.41. The van der Waals surface area contributed by atoms with Gasteiger partial charge >= 0.3 is 0 Å². The van der Waals surface area contributed by atoms with Crippen molar-refractivity contribution in [2.24, 2.45) is 0 Å². The second-order valence-electron chi connectivity index (χ2n) is 3.81. The van der Waals surface area contributed by atoms with Crippen LogP contribution in [0.2, 0.25) is 10.0 Å². The lowest BCUT2D eigenvalue weighted by Gasteiger charge is -2.08. The van der Waals surface area contributed by atoms with Crippen LogP contribution < -0.4 is 10.9 Å². The third-order valence-corrected chi connectivity index (χ3v) is 3.82. The molecule has 0 aliphatic heterocycles. The van der Waals surface area contributed by atoms with Crippen LogP contribution in [0.3, 0.4) is 0 Å². The van der Waals surface area contributed by atoms with Gasteiger partial charge in [0.25, 0.3) is 5.56 Å². The standard InChI is InChI=1S/C12H10BrCl2N3O/c13-10-11(17-6-18-12(10)19)16-4-3-7-1-2-8(14)5-9(7)15/h1-2,5-6H,3-4H2,(H2,16,17,18,19). The van der Waals surface area contributed by atoms with E-state index in [4.69, 9.17) is 23.2 Å². The summed E-state index contributed by atoms with van der Waals surface area (Å²) in [6.07, 6.45) is 2.06. The summed E-state index contributed by atoms with van der Waals surface area (Å²) in [7, 11) is 0. The number of benzene rings is 1. The van der Waals surface area contributed by atoms with E-state index < -0.39 is 0 Å². The van der Waals surface area contributed by atoms with E-state index in [2.05, 4.69) is 31.2 Å². The van der Waals surface area contributed by atoms with E-state index in [0.29, 0.717) is 33.3 Å². The molecule has 0 unspecified atom stereocenters. The molecule has 19 heavy (non-hydrogen) atoms. The Bertz CT molecular complexity index is 645. The number of anilines is 1. The molecule has 0 aliphatic carbocycles. The summed E-state index contributed by atoms with van der Waals surface area (Å²) < 4.78 is 0.386. The highest BCUT2D eigenvalue weighted by atomic mass is 79.9. The quantitative estimate of drug-likeness (QED) is 0.875. The summed E-state index contributed by atoms with van der Waals surface area (Å²) in [4.78, 5) is 17.9. The zero-order valence-electron chi connectivity index (χ0n) is 9.71. The predicted octanol–water partition coefficient (Wildman–Crippen LogP) is 3.49. The van der Waals surface area contributed by atoms with Gasteiger partial charge in [-0.1, -0.05) is 29.3 Å². The number of nitrogens with zero attached hydrogens (tertiary/aromatic N) is 1. The first-order valence-electron chi connectivity index (χ1n) is 5.49. The summed E-state index contributed by atoms with van der Waals surface area (Å²) in [5, 5.41) is 4.32. The van der Waals surface area contributed by atoms with Crippen LogP contribution in [0, 0.1) is 0 Å². The van der Waals surface area contributed by atoms with Crippen LogP contribution in [-0.2, 0) is 6.42 Å². The zero-order chi connectivity index (χ0) is 13.8. The maximum absolute atomic E-state index is 11.3. The molecule has 1 heterocycles. The van der Waals surface area contributed by atoms with Gasteiger partial charge in [0.05, 0.1) is 6.33 Å². The Morgan fingerprint density at radius 1 is 1.37 bits per heavy atom. The maximum Gasteiger partial charge on any atom is 0.267 e. The van der Waals surface area contributed by atoms with E-state index in [1.807, 2.05) is 6.07 Å². The number of rotatable bonds is 4. The van der Waals surface area contributed by atoms with Crippen LogP contribution in [0.25, 0.3) is 0 Å². The van der Waals surface area contributed by atoms with Crippen LogP contribution in [0.5, 0.6) is 0 Å². The first-order chi connectivity index (χ1) is 9.08. The fraction of sp³-hybridized carbons (Fsp3) is 0.167. The predicted molar refractivity (Wildman–Crippen MR) is 81.2 cm³/mol. The molecule has 0 spiro atoms. The Labute approximate surface area is 128 Å². The van der Waals surface area contributed by atoms with Gasteiger partial charge in [0.2, 0.25) is 0 Å². The van der Waals surface area contributed by atoms with E-state index >= 15 is 0 Å². The highest BCUT2D eigenvalue weighted by Gasteiger charge is 2.05. The van der Waals surface area contributed by atoms with Gasteiger partial charge in [-0.25, -0.2) is 4.98 Å². The van der Waals surface area contributed by atoms with Crippen LogP contribution in [-0.4, -0.2) is 16.5 Å². The van der Waals surface area contributed by atoms with E-state index in [1.54, 1.807) is 12.1 Å². The van der Waals surface area contributed by atoms with Gasteiger partial charge in [0.1, 0.15) is 10.3 Å². The molecule has 100 valence electrons. The first kappa shape index (κ1) is 14.4. The fourth-order valence-electron chi connectivity index (χ4n) is 1.55. The Morgan fingerprint density at radius 3 is 2.89 bits per heavy atom. The van der Waals surface area contributed by atoms with Gasteiger partial charge in [0, 0.05) is 16.6 Å². The van der Waals surface area contributed by atoms with Crippen LogP contribution in [0.1, 0.15) is 5.56 Å². The molecular weight excluding hydrogens is 353 g/mol. The van der Waals surface area contributed by atoms with Gasteiger partial charge in [-0.2, -0.15) is 0 Å². The maximum atomic E-state index is 11.3. The van der Waals surface area contributed by atoms with Gasteiger partial charge in [0.15, 0.2) is 0 Å². The highest BCUT2D eigenvalue weighted by molar-refractivity contribution is 9.10. The van der Waals surface area contributed by atoms with Gasteiger partial charge in [-0.15, -0.1) is 0 Å². The molecule has 1 aromatic carbocycles. The molecule has 1 aromatic heterocycles. The third kappa shape index (κ3) is 3.72. The van der Waals surface area contributed by atoms with Crippen LogP contribution in [0.15, 0.2) is 33.8 Å². The van der Waals surface area contributed by atoms with E-state index in [-0.39, 0.29) is 5.56 Å². The van der Waals surface area contributed by atoms with E-state index in [1.165, 1.54) is 6.33 Å². The molecule has 0 atom stereocenters. The molecule has 2 N–H and O–H groups in total. The molecule has 0 saturated carbocycles. The van der Waals surface area contributed by atoms with Crippen LogP contribution >= 0.6 is 39.1 Å². The van der Waals surface area contributed by atoms with Crippen molar-refractivity contribution in [2.75, 3.05) is 11.9 Å². The number of hydrogen-bond acceptors (Lipinski definition) is 3. The summed E-state index contributed by atoms with van der Waals surface area (Å²) in [6, 6.07) is 5.39. The molecule has 0 bridgehead atoms. The average Bonchev–Trinajstić information content (AvgIpc) is 2.37. The Balaban J connectivity index is 2.00. The molecule has 2 aromatic rings. The normalized spacial score (nSPS) is 10.5. The lowest BCUT2D eigenvalue weighted by molar-refractivity contribution is 0.989. The molecule has 4 nitrogen and oxygen atoms in total. The molecule has 0 aliphatic rings. The number of halogens is 3. The fourth-order valence-corrected chi connectivity index (χ4v) is 2.41. The van der Waals surface area contributed by atoms with Crippen molar-refractivity contribution in [3.05, 3.63) is 55.0 Å². The molecule has 0 fully saturated rings. The van der Waals surface area contributed by atoms with Crippen molar-refractivity contribution < 1.29 is 0 Å². The van der Waals surface area contributed by atoms with Gasteiger partial charge < -0.3 is 10.3 Å². The monoisotopic (exact) mass is 361 g/mol. The minimum atomic E-state index is -0.220. The zero-order valence-corrected chi connectivity index (χ0v) is 12.8. The summed E-state index contributed by atoms with van der Waals surface area (Å²) in [5.74, 6) is 0.508. The molecule has 0 saturated heterocycles. The number of nitrogens with one attached hydrogen (secondary N) is 2. The summed E-state index contributed by atoms with van der Waals surface area (Å²) in [5.41, 5.74) is 0.765. The molecular formula is C12H10BrCl2N3O. The van der Waals surface area contributed by atoms with Crippen molar-refractivity contribution in [3.8, 4) is 0 Å². The van der Waals surface area contributed by atoms with Crippen molar-refractivity contribution in [2.45, 2.75) is 6.42 Å². The van der Waals surface area contributed by atoms with Crippen molar-refractivity contribution in [3.63, 3.8) is 0 Å². The smallest absolute Gasteiger partial charge is 0.267 e. The van der Waals surface area contributed by atoms with Crippen molar-refractivity contribution in [1.82, 2.24) is 9.97 Å². The molecule has 2 rings (SSSR count). The topological polar surface area (TPSA) is 57.8 Å². The SMILES string of the molecule is O=c1[nH]cnc(NCCc2ccc(Cl)cc2Cl)c1Br. The average molecular weight is 363 g/mol. The number of aromatic amines is 1. The minimum Gasteiger partial charge on any atom is -0.369 e. The van der Waals surface area contributed by atoms with Gasteiger partial charge in [-0.05, 0) is 40.0 Å². The third-order valence-electron chi connectivity index (χ3n) is 2.50. The number of H-pyrrole nitrogens is 1. The van der Waals surface area contributed by atoms with Crippen molar-refractivity contribution in [1.29, 1.82) is 0 Å². The van der Waals surface area contributed by atoms with E-state index in [9.17, 15) is 4.79 Å². The summed E-state index contributed by atoms with van der Waals surface area (Å²) in [6.45, 7) is 0.608. The number of hydrogen-bond donors (Lipinski definition) is 2. The van der Waals surface area contributed by atoms with E-state index in [0.717, 1.165) is 5.56 Å². The second-order valence-corrected chi connectivity index (χ2v) is 5.44. The highest BCUT2D eigenvalue weighted by Crippen LogP contribution is 2.21. The Kier molecular flexibility index (Phi) is 4.85. The Hall–Kier alpha value is -1.04. The lowest BCUT2D eigenvalue weighted by atomic mass is 10.1. The Morgan fingerprint density at radius 2 is 2.16 bits per heavy atom. The molecule has 0 amide bonds. The summed E-state index contributed by atoms with van der Waals surface area (Å²) >= 11 is 15.1.